The predicted octanol–water partition coefficient (Wildman–Crippen LogP) is 3.25. The van der Waals surface area contributed by atoms with Crippen LogP contribution in [0, 0.1) is 0 Å². The van der Waals surface area contributed by atoms with Gasteiger partial charge in [0.15, 0.2) is 0 Å². The summed E-state index contributed by atoms with van der Waals surface area (Å²) in [4.78, 5) is 12.4. The van der Waals surface area contributed by atoms with Crippen LogP contribution < -0.4 is 15.8 Å². The second-order valence-electron chi connectivity index (χ2n) is 7.78. The van der Waals surface area contributed by atoms with Crippen LogP contribution in [0.4, 0.5) is 4.79 Å². The molecule has 1 aromatic heterocycles. The number of nitrogens with two attached hydrogens (primary N) is 1. The molecule has 4 rings (SSSR count). The van der Waals surface area contributed by atoms with Crippen molar-refractivity contribution < 1.29 is 13.2 Å². The lowest BCUT2D eigenvalue weighted by atomic mass is 10.1. The zero-order chi connectivity index (χ0) is 24.0. The van der Waals surface area contributed by atoms with Gasteiger partial charge < -0.3 is 10.6 Å². The smallest absolute Gasteiger partial charge is 0.315 e. The number of carbonyl (C=O) groups excluding carboxylic acids is 1. The van der Waals surface area contributed by atoms with E-state index >= 15 is 0 Å². The van der Waals surface area contributed by atoms with E-state index in [2.05, 4.69) is 10.6 Å². The number of amides is 2. The Morgan fingerprint density at radius 1 is 0.853 bits per heavy atom. The lowest BCUT2D eigenvalue weighted by Crippen LogP contribution is -2.34. The molecule has 3 aromatic carbocycles. The second kappa shape index (κ2) is 10.3. The number of primary sulfonamides is 1. The van der Waals surface area contributed by atoms with Crippen LogP contribution in [-0.4, -0.2) is 24.2 Å². The molecule has 0 aliphatic heterocycles. The molecule has 0 unspecified atom stereocenters. The van der Waals surface area contributed by atoms with E-state index in [1.165, 1.54) is 12.1 Å². The van der Waals surface area contributed by atoms with Crippen molar-refractivity contribution in [1.29, 1.82) is 0 Å². The molecule has 1 heterocycles. The molecule has 4 aromatic rings. The summed E-state index contributed by atoms with van der Waals surface area (Å²) in [5, 5.41) is 15.5. The molecule has 9 heteroatoms. The molecule has 0 saturated heterocycles. The Kier molecular flexibility index (Phi) is 7.05. The summed E-state index contributed by atoms with van der Waals surface area (Å²) in [5.41, 5.74) is 4.41. The quantitative estimate of drug-likeness (QED) is 0.362. The Balaban J connectivity index is 1.43. The zero-order valence-corrected chi connectivity index (χ0v) is 19.2. The molecule has 4 N–H and O–H groups in total. The van der Waals surface area contributed by atoms with E-state index in [0.29, 0.717) is 12.1 Å². The first-order chi connectivity index (χ1) is 16.4. The Morgan fingerprint density at radius 3 is 2.21 bits per heavy atom. The van der Waals surface area contributed by atoms with Crippen LogP contribution in [-0.2, 0) is 29.7 Å². The first kappa shape index (κ1) is 23.2. The first-order valence-corrected chi connectivity index (χ1v) is 12.2. The third-order valence-electron chi connectivity index (χ3n) is 5.19. The highest BCUT2D eigenvalue weighted by Gasteiger charge is 2.13. The van der Waals surface area contributed by atoms with Gasteiger partial charge in [-0.1, -0.05) is 72.8 Å². The van der Waals surface area contributed by atoms with E-state index in [1.54, 1.807) is 12.1 Å². The van der Waals surface area contributed by atoms with Gasteiger partial charge in [-0.25, -0.2) is 18.4 Å². The van der Waals surface area contributed by atoms with Crippen LogP contribution in [0.5, 0.6) is 0 Å². The third-order valence-corrected chi connectivity index (χ3v) is 6.10. The fourth-order valence-corrected chi connectivity index (χ4v) is 4.12. The summed E-state index contributed by atoms with van der Waals surface area (Å²) < 4.78 is 24.9. The zero-order valence-electron chi connectivity index (χ0n) is 18.4. The first-order valence-electron chi connectivity index (χ1n) is 10.7. The molecule has 0 fully saturated rings. The van der Waals surface area contributed by atoms with Gasteiger partial charge in [0.05, 0.1) is 17.1 Å². The topological polar surface area (TPSA) is 119 Å². The number of nitrogens with zero attached hydrogens (tertiary/aromatic N) is 2. The van der Waals surface area contributed by atoms with Gasteiger partial charge in [0, 0.05) is 30.4 Å². The average Bonchev–Trinajstić information content (AvgIpc) is 3.25. The molecule has 0 spiro atoms. The number of hydrogen-bond acceptors (Lipinski definition) is 4. The molecule has 0 saturated carbocycles. The monoisotopic (exact) mass is 475 g/mol. The van der Waals surface area contributed by atoms with Crippen molar-refractivity contribution >= 4 is 16.1 Å². The summed E-state index contributed by atoms with van der Waals surface area (Å²) in [6.45, 7) is 1.06. The van der Waals surface area contributed by atoms with Crippen molar-refractivity contribution in [2.75, 3.05) is 0 Å². The summed E-state index contributed by atoms with van der Waals surface area (Å²) >= 11 is 0. The molecule has 2 amide bonds. The molecular formula is C25H25N5O3S. The fraction of sp³-hybridized carbons (Fsp3) is 0.120. The van der Waals surface area contributed by atoms with E-state index in [1.807, 2.05) is 71.5 Å². The van der Waals surface area contributed by atoms with Gasteiger partial charge in [0.2, 0.25) is 10.0 Å². The van der Waals surface area contributed by atoms with Crippen LogP contribution >= 0.6 is 0 Å². The van der Waals surface area contributed by atoms with Gasteiger partial charge in [-0.2, -0.15) is 5.10 Å². The van der Waals surface area contributed by atoms with Gasteiger partial charge in [-0.3, -0.25) is 4.68 Å². The number of rotatable bonds is 8. The van der Waals surface area contributed by atoms with Crippen molar-refractivity contribution in [2.45, 2.75) is 24.5 Å². The molecule has 174 valence electrons. The van der Waals surface area contributed by atoms with Crippen molar-refractivity contribution in [3.8, 4) is 11.3 Å². The van der Waals surface area contributed by atoms with Gasteiger partial charge in [0.1, 0.15) is 0 Å². The summed E-state index contributed by atoms with van der Waals surface area (Å²) in [7, 11) is -3.80. The molecule has 0 atom stereocenters. The lowest BCUT2D eigenvalue weighted by Gasteiger charge is -2.09. The fourth-order valence-electron chi connectivity index (χ4n) is 3.54. The number of sulfonamides is 1. The maximum atomic E-state index is 12.4. The number of urea groups is 1. The van der Waals surface area contributed by atoms with E-state index in [0.717, 1.165) is 22.4 Å². The average molecular weight is 476 g/mol. The minimum atomic E-state index is -3.80. The lowest BCUT2D eigenvalue weighted by molar-refractivity contribution is 0.240. The van der Waals surface area contributed by atoms with Gasteiger partial charge >= 0.3 is 6.03 Å². The highest BCUT2D eigenvalue weighted by molar-refractivity contribution is 7.89. The largest absolute Gasteiger partial charge is 0.334 e. The number of hydrogen-bond donors (Lipinski definition) is 3. The van der Waals surface area contributed by atoms with Crippen molar-refractivity contribution in [1.82, 2.24) is 20.4 Å². The maximum absolute atomic E-state index is 12.4. The Morgan fingerprint density at radius 2 is 1.50 bits per heavy atom. The third kappa shape index (κ3) is 6.09. The minimum Gasteiger partial charge on any atom is -0.334 e. The molecular weight excluding hydrogens is 450 g/mol. The van der Waals surface area contributed by atoms with E-state index in [4.69, 9.17) is 10.2 Å². The molecule has 0 aliphatic carbocycles. The molecule has 0 aliphatic rings. The SMILES string of the molecule is NS(=O)(=O)c1cccc(CNC(=O)NCc2cn(Cc3ccccc3)nc2-c2ccccc2)c1. The van der Waals surface area contributed by atoms with Gasteiger partial charge in [-0.05, 0) is 23.3 Å². The number of benzene rings is 3. The van der Waals surface area contributed by atoms with Crippen molar-refractivity contribution in [2.24, 2.45) is 5.14 Å². The van der Waals surface area contributed by atoms with Crippen molar-refractivity contribution in [3.63, 3.8) is 0 Å². The molecule has 8 nitrogen and oxygen atoms in total. The number of nitrogens with one attached hydrogen (secondary N) is 2. The van der Waals surface area contributed by atoms with Gasteiger partial charge in [0.25, 0.3) is 0 Å². The summed E-state index contributed by atoms with van der Waals surface area (Å²) in [5.74, 6) is 0. The minimum absolute atomic E-state index is 0.00513. The van der Waals surface area contributed by atoms with Crippen LogP contribution in [0.25, 0.3) is 11.3 Å². The number of carbonyl (C=O) groups is 1. The molecule has 0 bridgehead atoms. The Hall–Kier alpha value is -3.95. The molecule has 34 heavy (non-hydrogen) atoms. The van der Waals surface area contributed by atoms with E-state index in [-0.39, 0.29) is 24.0 Å². The standard InChI is InChI=1S/C25H25N5O3S/c26-34(32,33)23-13-7-10-20(14-23)15-27-25(31)28-16-22-18-30(17-19-8-3-1-4-9-19)29-24(22)21-11-5-2-6-12-21/h1-14,18H,15-17H2,(H2,26,32,33)(H2,27,28,31). The van der Waals surface area contributed by atoms with Crippen LogP contribution in [0.15, 0.2) is 96.0 Å². The highest BCUT2D eigenvalue weighted by Crippen LogP contribution is 2.22. The van der Waals surface area contributed by atoms with Gasteiger partial charge in [-0.15, -0.1) is 0 Å². The number of aromatic nitrogens is 2. The van der Waals surface area contributed by atoms with Crippen LogP contribution in [0.2, 0.25) is 0 Å². The van der Waals surface area contributed by atoms with Crippen molar-refractivity contribution in [3.05, 3.63) is 108 Å². The highest BCUT2D eigenvalue weighted by atomic mass is 32.2. The maximum Gasteiger partial charge on any atom is 0.315 e. The summed E-state index contributed by atoms with van der Waals surface area (Å²) in [6, 6.07) is 25.6. The Bertz CT molecular complexity index is 1370. The summed E-state index contributed by atoms with van der Waals surface area (Å²) in [6.07, 6.45) is 1.94. The molecule has 0 radical (unpaired) electrons. The predicted molar refractivity (Wildman–Crippen MR) is 130 cm³/mol. The van der Waals surface area contributed by atoms with E-state index in [9.17, 15) is 13.2 Å². The second-order valence-corrected chi connectivity index (χ2v) is 9.34. The van der Waals surface area contributed by atoms with Crippen LogP contribution in [0.1, 0.15) is 16.7 Å². The normalized spacial score (nSPS) is 11.2. The van der Waals surface area contributed by atoms with Crippen LogP contribution in [0.3, 0.4) is 0 Å². The Labute approximate surface area is 198 Å². The van der Waals surface area contributed by atoms with E-state index < -0.39 is 10.0 Å².